The Hall–Kier alpha value is -1.43. The molecule has 2 rings (SSSR count). The van der Waals surface area contributed by atoms with Crippen molar-refractivity contribution in [2.75, 3.05) is 0 Å². The predicted molar refractivity (Wildman–Crippen MR) is 68.6 cm³/mol. The number of pyridine rings is 1. The molecule has 0 fully saturated rings. The minimum Gasteiger partial charge on any atom is -0.224 e. The topological polar surface area (TPSA) is 64.0 Å². The van der Waals surface area contributed by atoms with Crippen molar-refractivity contribution >= 4 is 21.6 Å². The molecule has 0 atom stereocenters. The average Bonchev–Trinajstić information content (AvgIpc) is 2.31. The van der Waals surface area contributed by atoms with E-state index in [1.54, 1.807) is 29.0 Å². The van der Waals surface area contributed by atoms with E-state index in [1.807, 2.05) is 12.1 Å². The molecule has 1 aromatic carbocycles. The molecule has 6 heteroatoms. The van der Waals surface area contributed by atoms with Crippen LogP contribution in [0, 0.1) is 0 Å². The summed E-state index contributed by atoms with van der Waals surface area (Å²) >= 11 is 5.80. The van der Waals surface area contributed by atoms with Gasteiger partial charge in [-0.1, -0.05) is 23.7 Å². The van der Waals surface area contributed by atoms with Crippen LogP contribution in [0.15, 0.2) is 53.7 Å². The van der Waals surface area contributed by atoms with Gasteiger partial charge in [0, 0.05) is 16.7 Å². The largest absolute Gasteiger partial charge is 0.243 e. The van der Waals surface area contributed by atoms with Crippen molar-refractivity contribution in [3.05, 3.63) is 59.4 Å². The van der Waals surface area contributed by atoms with Gasteiger partial charge in [0.15, 0.2) is 18.9 Å². The van der Waals surface area contributed by atoms with E-state index in [4.69, 9.17) is 16.7 Å². The number of nitrogens with zero attached hydrogens (tertiary/aromatic N) is 1. The second-order valence-electron chi connectivity index (χ2n) is 3.88. The smallest absolute Gasteiger partial charge is 0.224 e. The predicted octanol–water partition coefficient (Wildman–Crippen LogP) is 1.32. The van der Waals surface area contributed by atoms with E-state index >= 15 is 0 Å². The fraction of sp³-hybridized carbons (Fsp3) is 0.0833. The zero-order valence-corrected chi connectivity index (χ0v) is 11.0. The van der Waals surface area contributed by atoms with Crippen molar-refractivity contribution in [2.24, 2.45) is 5.14 Å². The highest BCUT2D eigenvalue weighted by Gasteiger charge is 2.12. The number of benzene rings is 1. The van der Waals surface area contributed by atoms with Crippen LogP contribution < -0.4 is 9.71 Å². The van der Waals surface area contributed by atoms with E-state index in [1.165, 1.54) is 12.3 Å². The number of nitrogens with two attached hydrogens (primary N) is 1. The van der Waals surface area contributed by atoms with Gasteiger partial charge in [0.2, 0.25) is 10.0 Å². The molecule has 0 saturated carbocycles. The molecule has 2 aromatic rings. The van der Waals surface area contributed by atoms with Gasteiger partial charge in [-0.15, -0.1) is 0 Å². The molecule has 0 spiro atoms. The fourth-order valence-corrected chi connectivity index (χ4v) is 2.24. The van der Waals surface area contributed by atoms with Gasteiger partial charge in [-0.3, -0.25) is 0 Å². The molecule has 2 N–H and O–H groups in total. The van der Waals surface area contributed by atoms with Crippen molar-refractivity contribution in [3.63, 3.8) is 0 Å². The van der Waals surface area contributed by atoms with Crippen LogP contribution in [0.25, 0.3) is 0 Å². The molecule has 1 aromatic heterocycles. The molecule has 0 aliphatic rings. The number of halogens is 1. The maximum atomic E-state index is 11.2. The van der Waals surface area contributed by atoms with Crippen molar-refractivity contribution in [1.82, 2.24) is 0 Å². The quantitative estimate of drug-likeness (QED) is 0.864. The van der Waals surface area contributed by atoms with Gasteiger partial charge in [0.25, 0.3) is 0 Å². The summed E-state index contributed by atoms with van der Waals surface area (Å²) in [7, 11) is -3.67. The minimum atomic E-state index is -3.67. The molecule has 18 heavy (non-hydrogen) atoms. The SMILES string of the molecule is NS(=O)(=O)c1ccc[n+](Cc2ccc(Cl)cc2)c1. The number of hydrogen-bond acceptors (Lipinski definition) is 2. The number of sulfonamides is 1. The molecule has 1 heterocycles. The number of aromatic nitrogens is 1. The number of hydrogen-bond donors (Lipinski definition) is 1. The van der Waals surface area contributed by atoms with Crippen LogP contribution in [0.1, 0.15) is 5.56 Å². The molecule has 0 unspecified atom stereocenters. The summed E-state index contributed by atoms with van der Waals surface area (Å²) in [5.74, 6) is 0. The van der Waals surface area contributed by atoms with Crippen LogP contribution in [0.2, 0.25) is 5.02 Å². The van der Waals surface area contributed by atoms with Crippen LogP contribution >= 0.6 is 11.6 Å². The highest BCUT2D eigenvalue weighted by Crippen LogP contribution is 2.09. The lowest BCUT2D eigenvalue weighted by atomic mass is 10.2. The molecule has 0 radical (unpaired) electrons. The Balaban J connectivity index is 2.27. The van der Waals surface area contributed by atoms with Crippen molar-refractivity contribution in [1.29, 1.82) is 0 Å². The second-order valence-corrected chi connectivity index (χ2v) is 5.88. The molecule has 0 amide bonds. The third kappa shape index (κ3) is 3.29. The highest BCUT2D eigenvalue weighted by atomic mass is 35.5. The maximum absolute atomic E-state index is 11.2. The standard InChI is InChI=1S/C12H12ClN2O2S/c13-11-5-3-10(4-6-11)8-15-7-1-2-12(9-15)18(14,16)17/h1-7,9H,8H2,(H2,14,16,17)/q+1. The summed E-state index contributed by atoms with van der Waals surface area (Å²) in [4.78, 5) is 0.0963. The molecule has 0 saturated heterocycles. The Kier molecular flexibility index (Phi) is 3.65. The van der Waals surface area contributed by atoms with Crippen molar-refractivity contribution in [3.8, 4) is 0 Å². The first-order valence-corrected chi connectivity index (χ1v) is 7.14. The monoisotopic (exact) mass is 283 g/mol. The molecule has 4 nitrogen and oxygen atoms in total. The molecular formula is C12H12ClN2O2S+. The summed E-state index contributed by atoms with van der Waals surface area (Å²) in [6.07, 6.45) is 3.28. The normalized spacial score (nSPS) is 11.4. The van der Waals surface area contributed by atoms with Crippen LogP contribution in [-0.2, 0) is 16.6 Å². The van der Waals surface area contributed by atoms with Gasteiger partial charge in [-0.2, -0.15) is 4.57 Å². The fourth-order valence-electron chi connectivity index (χ4n) is 1.57. The van der Waals surface area contributed by atoms with Crippen LogP contribution in [0.5, 0.6) is 0 Å². The van der Waals surface area contributed by atoms with Gasteiger partial charge in [0.05, 0.1) is 0 Å². The summed E-state index contributed by atoms with van der Waals surface area (Å²) in [5, 5.41) is 5.75. The lowest BCUT2D eigenvalue weighted by Gasteiger charge is -2.00. The van der Waals surface area contributed by atoms with Crippen LogP contribution in [0.3, 0.4) is 0 Å². The Morgan fingerprint density at radius 2 is 1.83 bits per heavy atom. The van der Waals surface area contributed by atoms with Gasteiger partial charge in [-0.05, 0) is 18.2 Å². The lowest BCUT2D eigenvalue weighted by Crippen LogP contribution is -2.34. The first-order valence-electron chi connectivity index (χ1n) is 5.21. The van der Waals surface area contributed by atoms with Crippen molar-refractivity contribution in [2.45, 2.75) is 11.4 Å². The van der Waals surface area contributed by atoms with Gasteiger partial charge in [0.1, 0.15) is 4.90 Å². The van der Waals surface area contributed by atoms with E-state index in [2.05, 4.69) is 0 Å². The highest BCUT2D eigenvalue weighted by molar-refractivity contribution is 7.89. The Morgan fingerprint density at radius 1 is 1.17 bits per heavy atom. The van der Waals surface area contributed by atoms with Gasteiger partial charge >= 0.3 is 0 Å². The third-order valence-corrected chi connectivity index (χ3v) is 3.59. The minimum absolute atomic E-state index is 0.0963. The number of primary sulfonamides is 1. The van der Waals surface area contributed by atoms with Crippen LogP contribution in [-0.4, -0.2) is 8.42 Å². The Bertz CT molecular complexity index is 654. The maximum Gasteiger partial charge on any atom is 0.243 e. The van der Waals surface area contributed by atoms with Gasteiger partial charge in [-0.25, -0.2) is 13.6 Å². The zero-order valence-electron chi connectivity index (χ0n) is 9.45. The third-order valence-electron chi connectivity index (χ3n) is 2.44. The van der Waals surface area contributed by atoms with Crippen molar-refractivity contribution < 1.29 is 13.0 Å². The van der Waals surface area contributed by atoms with Gasteiger partial charge < -0.3 is 0 Å². The summed E-state index contributed by atoms with van der Waals surface area (Å²) < 4.78 is 24.2. The molecule has 94 valence electrons. The Morgan fingerprint density at radius 3 is 2.44 bits per heavy atom. The summed E-state index contributed by atoms with van der Waals surface area (Å²) in [6.45, 7) is 0.556. The summed E-state index contributed by atoms with van der Waals surface area (Å²) in [5.41, 5.74) is 1.02. The second kappa shape index (κ2) is 5.06. The molecule has 0 aliphatic carbocycles. The van der Waals surface area contributed by atoms with E-state index < -0.39 is 10.0 Å². The lowest BCUT2D eigenvalue weighted by molar-refractivity contribution is -0.690. The molecular weight excluding hydrogens is 272 g/mol. The van der Waals surface area contributed by atoms with E-state index in [-0.39, 0.29) is 4.90 Å². The van der Waals surface area contributed by atoms with Crippen LogP contribution in [0.4, 0.5) is 0 Å². The first-order chi connectivity index (χ1) is 8.45. The molecule has 0 bridgehead atoms. The van der Waals surface area contributed by atoms with E-state index in [9.17, 15) is 8.42 Å². The van der Waals surface area contributed by atoms with E-state index in [0.29, 0.717) is 11.6 Å². The average molecular weight is 284 g/mol. The van der Waals surface area contributed by atoms with E-state index in [0.717, 1.165) is 5.56 Å². The zero-order chi connectivity index (χ0) is 13.2. The number of rotatable bonds is 3. The molecule has 0 aliphatic heterocycles. The Labute approximate surface area is 111 Å². The first kappa shape index (κ1) is 13.0. The summed E-state index contributed by atoms with van der Waals surface area (Å²) in [6, 6.07) is 10.5.